The molecular weight excluding hydrogens is 284 g/mol. The van der Waals surface area contributed by atoms with Crippen molar-refractivity contribution in [2.75, 3.05) is 0 Å². The lowest BCUT2D eigenvalue weighted by Gasteiger charge is -2.22. The van der Waals surface area contributed by atoms with Gasteiger partial charge in [0, 0.05) is 6.42 Å². The second-order valence-electron chi connectivity index (χ2n) is 6.90. The van der Waals surface area contributed by atoms with Crippen LogP contribution in [-0.4, -0.2) is 5.97 Å². The number of unbranched alkanes of at least 4 members (excludes halogenated alkanes) is 4. The van der Waals surface area contributed by atoms with Gasteiger partial charge < -0.3 is 4.74 Å². The van der Waals surface area contributed by atoms with Crippen LogP contribution in [0, 0.1) is 0 Å². The molecule has 0 N–H and O–H groups in total. The predicted molar refractivity (Wildman–Crippen MR) is 95.4 cm³/mol. The molecule has 0 unspecified atom stereocenters. The van der Waals surface area contributed by atoms with Gasteiger partial charge in [-0.3, -0.25) is 4.79 Å². The lowest BCUT2D eigenvalue weighted by atomic mass is 9.84. The Balaban J connectivity index is 1.71. The zero-order chi connectivity index (χ0) is 16.3. The highest BCUT2D eigenvalue weighted by atomic mass is 16.5. The number of hydrogen-bond acceptors (Lipinski definition) is 2. The Labute approximate surface area is 141 Å². The van der Waals surface area contributed by atoms with Crippen LogP contribution >= 0.6 is 0 Å². The van der Waals surface area contributed by atoms with Crippen LogP contribution < -0.4 is 0 Å². The van der Waals surface area contributed by atoms with Crippen LogP contribution in [-0.2, 0) is 16.1 Å². The van der Waals surface area contributed by atoms with Crippen LogP contribution in [0.5, 0.6) is 0 Å². The number of esters is 1. The Morgan fingerprint density at radius 1 is 1.09 bits per heavy atom. The van der Waals surface area contributed by atoms with E-state index in [1.54, 1.807) is 0 Å². The largest absolute Gasteiger partial charge is 0.461 e. The minimum Gasteiger partial charge on any atom is -0.461 e. The fourth-order valence-corrected chi connectivity index (χ4v) is 3.48. The quantitative estimate of drug-likeness (QED) is 0.404. The molecule has 1 aliphatic rings. The molecule has 0 aliphatic heterocycles. The zero-order valence-corrected chi connectivity index (χ0v) is 14.7. The SMILES string of the molecule is CCCCCCCC(=O)OCc1cccc(C2CCCCC2)c1. The molecule has 2 heteroatoms. The van der Waals surface area contributed by atoms with E-state index in [0.717, 1.165) is 18.4 Å². The Hall–Kier alpha value is -1.31. The molecule has 1 fully saturated rings. The van der Waals surface area contributed by atoms with E-state index in [1.807, 2.05) is 0 Å². The molecule has 128 valence electrons. The van der Waals surface area contributed by atoms with E-state index in [1.165, 1.54) is 56.9 Å². The highest BCUT2D eigenvalue weighted by Gasteiger charge is 2.15. The minimum absolute atomic E-state index is 0.0513. The van der Waals surface area contributed by atoms with E-state index >= 15 is 0 Å². The molecule has 1 aliphatic carbocycles. The highest BCUT2D eigenvalue weighted by Crippen LogP contribution is 2.32. The van der Waals surface area contributed by atoms with E-state index in [-0.39, 0.29) is 5.97 Å². The van der Waals surface area contributed by atoms with Crippen LogP contribution in [0.4, 0.5) is 0 Å². The number of rotatable bonds is 9. The highest BCUT2D eigenvalue weighted by molar-refractivity contribution is 5.69. The molecule has 0 spiro atoms. The maximum absolute atomic E-state index is 11.8. The van der Waals surface area contributed by atoms with Crippen molar-refractivity contribution in [3.63, 3.8) is 0 Å². The predicted octanol–water partition coefficient (Wildman–Crippen LogP) is 6.14. The van der Waals surface area contributed by atoms with Gasteiger partial charge in [-0.25, -0.2) is 0 Å². The first-order valence-corrected chi connectivity index (χ1v) is 9.54. The molecule has 0 atom stereocenters. The fraction of sp³-hybridized carbons (Fsp3) is 0.667. The van der Waals surface area contributed by atoms with Crippen molar-refractivity contribution in [2.45, 2.75) is 90.1 Å². The number of carbonyl (C=O) groups is 1. The van der Waals surface area contributed by atoms with E-state index in [9.17, 15) is 4.79 Å². The Morgan fingerprint density at radius 3 is 2.65 bits per heavy atom. The molecule has 0 bridgehead atoms. The molecule has 1 aromatic rings. The van der Waals surface area contributed by atoms with Crippen molar-refractivity contribution in [1.29, 1.82) is 0 Å². The number of benzene rings is 1. The minimum atomic E-state index is -0.0513. The van der Waals surface area contributed by atoms with Gasteiger partial charge in [-0.2, -0.15) is 0 Å². The van der Waals surface area contributed by atoms with Crippen molar-refractivity contribution >= 4 is 5.97 Å². The number of hydrogen-bond donors (Lipinski definition) is 0. The smallest absolute Gasteiger partial charge is 0.306 e. The van der Waals surface area contributed by atoms with Gasteiger partial charge >= 0.3 is 5.97 Å². The average Bonchev–Trinajstić information content (AvgIpc) is 2.61. The van der Waals surface area contributed by atoms with Crippen LogP contribution in [0.3, 0.4) is 0 Å². The molecule has 23 heavy (non-hydrogen) atoms. The van der Waals surface area contributed by atoms with Crippen LogP contribution in [0.25, 0.3) is 0 Å². The summed E-state index contributed by atoms with van der Waals surface area (Å²) in [7, 11) is 0. The van der Waals surface area contributed by atoms with E-state index < -0.39 is 0 Å². The fourth-order valence-electron chi connectivity index (χ4n) is 3.48. The Morgan fingerprint density at radius 2 is 1.87 bits per heavy atom. The molecule has 2 nitrogen and oxygen atoms in total. The van der Waals surface area contributed by atoms with Gasteiger partial charge in [0.2, 0.25) is 0 Å². The van der Waals surface area contributed by atoms with Gasteiger partial charge in [0.1, 0.15) is 6.61 Å². The third kappa shape index (κ3) is 6.76. The van der Waals surface area contributed by atoms with Crippen molar-refractivity contribution < 1.29 is 9.53 Å². The van der Waals surface area contributed by atoms with Gasteiger partial charge in [0.25, 0.3) is 0 Å². The van der Waals surface area contributed by atoms with Crippen LogP contribution in [0.2, 0.25) is 0 Å². The van der Waals surface area contributed by atoms with Gasteiger partial charge in [-0.15, -0.1) is 0 Å². The first kappa shape index (κ1) is 18.0. The molecule has 0 aromatic heterocycles. The van der Waals surface area contributed by atoms with Gasteiger partial charge in [0.15, 0.2) is 0 Å². The van der Waals surface area contributed by atoms with Gasteiger partial charge in [-0.05, 0) is 36.3 Å². The summed E-state index contributed by atoms with van der Waals surface area (Å²) in [6.07, 6.45) is 13.1. The summed E-state index contributed by atoms with van der Waals surface area (Å²) in [6, 6.07) is 8.65. The summed E-state index contributed by atoms with van der Waals surface area (Å²) < 4.78 is 5.44. The molecule has 1 saturated carbocycles. The molecular formula is C21H32O2. The normalized spacial score (nSPS) is 15.5. The summed E-state index contributed by atoms with van der Waals surface area (Å²) in [6.45, 7) is 2.63. The lowest BCUT2D eigenvalue weighted by molar-refractivity contribution is -0.145. The van der Waals surface area contributed by atoms with Crippen LogP contribution in [0.1, 0.15) is 94.6 Å². The average molecular weight is 316 g/mol. The molecule has 0 radical (unpaired) electrons. The maximum Gasteiger partial charge on any atom is 0.306 e. The molecule has 0 saturated heterocycles. The van der Waals surface area contributed by atoms with Crippen LogP contribution in [0.15, 0.2) is 24.3 Å². The molecule has 0 heterocycles. The number of ether oxygens (including phenoxy) is 1. The zero-order valence-electron chi connectivity index (χ0n) is 14.7. The van der Waals surface area contributed by atoms with Crippen molar-refractivity contribution in [3.05, 3.63) is 35.4 Å². The third-order valence-corrected chi connectivity index (χ3v) is 4.91. The topological polar surface area (TPSA) is 26.3 Å². The van der Waals surface area contributed by atoms with E-state index in [4.69, 9.17) is 4.74 Å². The first-order chi connectivity index (χ1) is 11.3. The summed E-state index contributed by atoms with van der Waals surface area (Å²) >= 11 is 0. The summed E-state index contributed by atoms with van der Waals surface area (Å²) in [5, 5.41) is 0. The third-order valence-electron chi connectivity index (χ3n) is 4.91. The van der Waals surface area contributed by atoms with Gasteiger partial charge in [0.05, 0.1) is 0 Å². The van der Waals surface area contributed by atoms with Crippen molar-refractivity contribution in [2.24, 2.45) is 0 Å². The van der Waals surface area contributed by atoms with E-state index in [2.05, 4.69) is 31.2 Å². The second kappa shape index (κ2) is 10.5. The van der Waals surface area contributed by atoms with Gasteiger partial charge in [-0.1, -0.05) is 76.1 Å². The van der Waals surface area contributed by atoms with E-state index in [0.29, 0.717) is 18.9 Å². The maximum atomic E-state index is 11.8. The molecule has 0 amide bonds. The summed E-state index contributed by atoms with van der Waals surface area (Å²) in [5.41, 5.74) is 2.56. The second-order valence-corrected chi connectivity index (χ2v) is 6.90. The monoisotopic (exact) mass is 316 g/mol. The standard InChI is InChI=1S/C21H32O2/c1-2-3-4-5-9-15-21(22)23-17-18-11-10-14-20(16-18)19-12-7-6-8-13-19/h10-11,14,16,19H,2-9,12-13,15,17H2,1H3. The lowest BCUT2D eigenvalue weighted by Crippen LogP contribution is -2.07. The number of carbonyl (C=O) groups excluding carboxylic acids is 1. The molecule has 2 rings (SSSR count). The Kier molecular flexibility index (Phi) is 8.20. The van der Waals surface area contributed by atoms with Crippen molar-refractivity contribution in [3.8, 4) is 0 Å². The summed E-state index contributed by atoms with van der Waals surface area (Å²) in [4.78, 5) is 11.8. The first-order valence-electron chi connectivity index (χ1n) is 9.54. The summed E-state index contributed by atoms with van der Waals surface area (Å²) in [5.74, 6) is 0.655. The Bertz CT molecular complexity index is 461. The van der Waals surface area contributed by atoms with Crippen molar-refractivity contribution in [1.82, 2.24) is 0 Å². The molecule has 1 aromatic carbocycles.